The van der Waals surface area contributed by atoms with Gasteiger partial charge in [-0.2, -0.15) is 5.11 Å². The van der Waals surface area contributed by atoms with Crippen molar-refractivity contribution in [3.05, 3.63) is 78.4 Å². The average Bonchev–Trinajstić information content (AvgIpc) is 2.62. The molecule has 0 saturated carbocycles. The van der Waals surface area contributed by atoms with Crippen molar-refractivity contribution in [1.29, 1.82) is 0 Å². The van der Waals surface area contributed by atoms with Gasteiger partial charge in [-0.25, -0.2) is 4.79 Å². The van der Waals surface area contributed by atoms with Gasteiger partial charge in [0.2, 0.25) is 0 Å². The van der Waals surface area contributed by atoms with Gasteiger partial charge in [0.05, 0.1) is 11.4 Å². The van der Waals surface area contributed by atoms with Crippen LogP contribution in [0, 0.1) is 0 Å². The molecule has 0 amide bonds. The van der Waals surface area contributed by atoms with Gasteiger partial charge < -0.3 is 10.2 Å². The van der Waals surface area contributed by atoms with Crippen LogP contribution in [0.5, 0.6) is 5.75 Å². The normalized spacial score (nSPS) is 10.8. The van der Waals surface area contributed by atoms with Crippen LogP contribution in [0.3, 0.4) is 0 Å². The standard InChI is InChI=1S/C19H14N2O3/c22-18-11-10-14(12-16(18)19(23)24)20-21-17-9-5-4-8-15(17)13-6-2-1-3-7-13/h1-12,22H,(H,23,24). The molecule has 5 heteroatoms. The number of carbonyl (C=O) groups is 1. The Morgan fingerprint density at radius 2 is 1.54 bits per heavy atom. The predicted molar refractivity (Wildman–Crippen MR) is 91.1 cm³/mol. The first-order chi connectivity index (χ1) is 11.6. The van der Waals surface area contributed by atoms with Crippen molar-refractivity contribution in [2.24, 2.45) is 10.2 Å². The molecule has 0 radical (unpaired) electrons. The summed E-state index contributed by atoms with van der Waals surface area (Å²) in [7, 11) is 0. The van der Waals surface area contributed by atoms with Crippen molar-refractivity contribution in [3.8, 4) is 16.9 Å². The molecule has 0 aliphatic rings. The molecule has 0 bridgehead atoms. The Balaban J connectivity index is 1.96. The fraction of sp³-hybridized carbons (Fsp3) is 0. The highest BCUT2D eigenvalue weighted by Crippen LogP contribution is 2.31. The van der Waals surface area contributed by atoms with E-state index in [0.717, 1.165) is 11.1 Å². The third-order valence-corrected chi connectivity index (χ3v) is 3.47. The van der Waals surface area contributed by atoms with E-state index in [1.165, 1.54) is 18.2 Å². The molecule has 0 aliphatic heterocycles. The van der Waals surface area contributed by atoms with E-state index >= 15 is 0 Å². The van der Waals surface area contributed by atoms with Gasteiger partial charge in [-0.05, 0) is 29.8 Å². The highest BCUT2D eigenvalue weighted by Gasteiger charge is 2.10. The van der Waals surface area contributed by atoms with Crippen LogP contribution >= 0.6 is 0 Å². The minimum Gasteiger partial charge on any atom is -0.507 e. The Morgan fingerprint density at radius 3 is 2.29 bits per heavy atom. The molecule has 0 heterocycles. The van der Waals surface area contributed by atoms with Crippen molar-refractivity contribution in [3.63, 3.8) is 0 Å². The monoisotopic (exact) mass is 318 g/mol. The molecule has 0 aromatic heterocycles. The molecule has 0 saturated heterocycles. The van der Waals surface area contributed by atoms with Gasteiger partial charge in [-0.15, -0.1) is 5.11 Å². The molecule has 3 rings (SSSR count). The third kappa shape index (κ3) is 3.30. The minimum atomic E-state index is -1.21. The molecule has 118 valence electrons. The first kappa shape index (κ1) is 15.4. The van der Waals surface area contributed by atoms with Crippen LogP contribution in [0.15, 0.2) is 83.0 Å². The highest BCUT2D eigenvalue weighted by atomic mass is 16.4. The predicted octanol–water partition coefficient (Wildman–Crippen LogP) is 5.17. The number of aromatic hydroxyl groups is 1. The zero-order chi connectivity index (χ0) is 16.9. The summed E-state index contributed by atoms with van der Waals surface area (Å²) < 4.78 is 0. The molecular weight excluding hydrogens is 304 g/mol. The lowest BCUT2D eigenvalue weighted by Crippen LogP contribution is -1.95. The molecule has 0 fully saturated rings. The number of carboxylic acid groups (broad SMARTS) is 1. The van der Waals surface area contributed by atoms with E-state index in [9.17, 15) is 9.90 Å². The first-order valence-electron chi connectivity index (χ1n) is 7.27. The lowest BCUT2D eigenvalue weighted by molar-refractivity contribution is 0.0694. The van der Waals surface area contributed by atoms with E-state index in [-0.39, 0.29) is 11.3 Å². The van der Waals surface area contributed by atoms with Crippen molar-refractivity contribution < 1.29 is 15.0 Å². The van der Waals surface area contributed by atoms with E-state index in [1.807, 2.05) is 54.6 Å². The Hall–Kier alpha value is -3.47. The van der Waals surface area contributed by atoms with Gasteiger partial charge in [0.1, 0.15) is 11.3 Å². The second-order valence-electron chi connectivity index (χ2n) is 5.09. The van der Waals surface area contributed by atoms with Crippen LogP contribution in [0.2, 0.25) is 0 Å². The Labute approximate surface area is 138 Å². The molecule has 3 aromatic carbocycles. The highest BCUT2D eigenvalue weighted by molar-refractivity contribution is 5.91. The second kappa shape index (κ2) is 6.75. The number of phenols is 1. The Kier molecular flexibility index (Phi) is 4.34. The third-order valence-electron chi connectivity index (χ3n) is 3.47. The lowest BCUT2D eigenvalue weighted by atomic mass is 10.0. The zero-order valence-corrected chi connectivity index (χ0v) is 12.6. The summed E-state index contributed by atoms with van der Waals surface area (Å²) in [4.78, 5) is 11.1. The Morgan fingerprint density at radius 1 is 0.833 bits per heavy atom. The van der Waals surface area contributed by atoms with Crippen molar-refractivity contribution in [2.75, 3.05) is 0 Å². The molecular formula is C19H14N2O3. The van der Waals surface area contributed by atoms with Crippen LogP contribution in [0.1, 0.15) is 10.4 Å². The quantitative estimate of drug-likeness (QED) is 0.651. The van der Waals surface area contributed by atoms with Crippen LogP contribution in [0.25, 0.3) is 11.1 Å². The summed E-state index contributed by atoms with van der Waals surface area (Å²) in [6.45, 7) is 0. The number of carboxylic acids is 1. The number of rotatable bonds is 4. The first-order valence-corrected chi connectivity index (χ1v) is 7.27. The van der Waals surface area contributed by atoms with Gasteiger partial charge in [0.25, 0.3) is 0 Å². The van der Waals surface area contributed by atoms with Gasteiger partial charge in [0.15, 0.2) is 0 Å². The summed E-state index contributed by atoms with van der Waals surface area (Å²) in [6.07, 6.45) is 0. The number of benzene rings is 3. The molecule has 0 unspecified atom stereocenters. The molecule has 3 aromatic rings. The molecule has 2 N–H and O–H groups in total. The summed E-state index contributed by atoms with van der Waals surface area (Å²) in [5.41, 5.74) is 2.77. The second-order valence-corrected chi connectivity index (χ2v) is 5.09. The number of nitrogens with zero attached hydrogens (tertiary/aromatic N) is 2. The van der Waals surface area contributed by atoms with E-state index in [2.05, 4.69) is 10.2 Å². The summed E-state index contributed by atoms with van der Waals surface area (Å²) >= 11 is 0. The number of aromatic carboxylic acids is 1. The molecule has 0 aliphatic carbocycles. The van der Waals surface area contributed by atoms with E-state index in [4.69, 9.17) is 5.11 Å². The van der Waals surface area contributed by atoms with Crippen molar-refractivity contribution >= 4 is 17.3 Å². The van der Waals surface area contributed by atoms with Crippen LogP contribution in [-0.2, 0) is 0 Å². The van der Waals surface area contributed by atoms with Gasteiger partial charge in [-0.3, -0.25) is 0 Å². The minimum absolute atomic E-state index is 0.206. The summed E-state index contributed by atoms with van der Waals surface area (Å²) in [6, 6.07) is 21.5. The topological polar surface area (TPSA) is 82.2 Å². The number of hydrogen-bond acceptors (Lipinski definition) is 4. The lowest BCUT2D eigenvalue weighted by Gasteiger charge is -2.05. The van der Waals surface area contributed by atoms with E-state index < -0.39 is 5.97 Å². The number of azo groups is 1. The largest absolute Gasteiger partial charge is 0.507 e. The van der Waals surface area contributed by atoms with Crippen molar-refractivity contribution in [1.82, 2.24) is 0 Å². The maximum Gasteiger partial charge on any atom is 0.339 e. The SMILES string of the molecule is O=C(O)c1cc(N=Nc2ccccc2-c2ccccc2)ccc1O. The zero-order valence-electron chi connectivity index (χ0n) is 12.6. The van der Waals surface area contributed by atoms with E-state index in [1.54, 1.807) is 0 Å². The Bertz CT molecular complexity index is 905. The maximum atomic E-state index is 11.1. The van der Waals surface area contributed by atoms with Gasteiger partial charge >= 0.3 is 5.97 Å². The van der Waals surface area contributed by atoms with Crippen LogP contribution < -0.4 is 0 Å². The molecule has 5 nitrogen and oxygen atoms in total. The summed E-state index contributed by atoms with van der Waals surface area (Å²) in [5.74, 6) is -1.51. The van der Waals surface area contributed by atoms with Crippen LogP contribution in [-0.4, -0.2) is 16.2 Å². The summed E-state index contributed by atoms with van der Waals surface area (Å²) in [5, 5.41) is 26.9. The molecule has 0 spiro atoms. The number of hydrogen-bond donors (Lipinski definition) is 2. The molecule has 24 heavy (non-hydrogen) atoms. The smallest absolute Gasteiger partial charge is 0.339 e. The van der Waals surface area contributed by atoms with Gasteiger partial charge in [0, 0.05) is 5.56 Å². The molecule has 0 atom stereocenters. The van der Waals surface area contributed by atoms with Gasteiger partial charge in [-0.1, -0.05) is 48.5 Å². The fourth-order valence-corrected chi connectivity index (χ4v) is 2.29. The van der Waals surface area contributed by atoms with Crippen molar-refractivity contribution in [2.45, 2.75) is 0 Å². The maximum absolute atomic E-state index is 11.1. The van der Waals surface area contributed by atoms with Crippen LogP contribution in [0.4, 0.5) is 11.4 Å². The average molecular weight is 318 g/mol. The van der Waals surface area contributed by atoms with E-state index in [0.29, 0.717) is 11.4 Å². The fourth-order valence-electron chi connectivity index (χ4n) is 2.29.